The smallest absolute Gasteiger partial charge is 0.140 e. The van der Waals surface area contributed by atoms with Crippen LogP contribution in [0.25, 0.3) is 10.2 Å². The third kappa shape index (κ3) is 2.43. The fourth-order valence-corrected chi connectivity index (χ4v) is 5.36. The van der Waals surface area contributed by atoms with Crippen LogP contribution in [0.1, 0.15) is 17.7 Å². The van der Waals surface area contributed by atoms with Gasteiger partial charge in [-0.3, -0.25) is 0 Å². The van der Waals surface area contributed by atoms with Crippen LogP contribution in [-0.2, 0) is 5.75 Å². The molecule has 2 aromatic rings. The van der Waals surface area contributed by atoms with Gasteiger partial charge in [-0.15, -0.1) is 11.3 Å². The number of thiophene rings is 1. The first-order chi connectivity index (χ1) is 10.3. The molecule has 6 heteroatoms. The Kier molecular flexibility index (Phi) is 3.55. The van der Waals surface area contributed by atoms with Gasteiger partial charge >= 0.3 is 0 Å². The minimum Gasteiger partial charge on any atom is -0.355 e. The summed E-state index contributed by atoms with van der Waals surface area (Å²) in [4.78, 5) is 14.1. The van der Waals surface area contributed by atoms with Crippen LogP contribution >= 0.6 is 23.1 Å². The molecule has 0 bridgehead atoms. The number of anilines is 1. The summed E-state index contributed by atoms with van der Waals surface area (Å²) >= 11 is 3.67. The Bertz CT molecular complexity index is 648. The standard InChI is InChI=1S/C15H20N4S2/c1-20-7-11-6-12-13(17-10-18-14(12)21-11)19-5-3-15(9-19)2-4-16-8-15/h6,10,16H,2-5,7-9H2,1H3. The molecule has 2 saturated heterocycles. The second kappa shape index (κ2) is 5.41. The highest BCUT2D eigenvalue weighted by atomic mass is 32.2. The lowest BCUT2D eigenvalue weighted by Gasteiger charge is -2.23. The molecule has 2 fully saturated rings. The van der Waals surface area contributed by atoms with Crippen molar-refractivity contribution in [1.29, 1.82) is 0 Å². The molecule has 1 unspecified atom stereocenters. The largest absolute Gasteiger partial charge is 0.355 e. The maximum atomic E-state index is 4.61. The van der Waals surface area contributed by atoms with Gasteiger partial charge in [0.15, 0.2) is 0 Å². The number of rotatable bonds is 3. The van der Waals surface area contributed by atoms with Crippen molar-refractivity contribution in [2.45, 2.75) is 18.6 Å². The van der Waals surface area contributed by atoms with Crippen molar-refractivity contribution >= 4 is 39.1 Å². The minimum atomic E-state index is 0.482. The molecule has 4 rings (SSSR count). The molecule has 0 aromatic carbocycles. The van der Waals surface area contributed by atoms with E-state index >= 15 is 0 Å². The van der Waals surface area contributed by atoms with Gasteiger partial charge in [-0.25, -0.2) is 9.97 Å². The van der Waals surface area contributed by atoms with Crippen molar-refractivity contribution in [3.05, 3.63) is 17.3 Å². The van der Waals surface area contributed by atoms with E-state index < -0.39 is 0 Å². The monoisotopic (exact) mass is 320 g/mol. The Balaban J connectivity index is 1.67. The lowest BCUT2D eigenvalue weighted by Crippen LogP contribution is -2.29. The Morgan fingerprint density at radius 2 is 2.38 bits per heavy atom. The van der Waals surface area contributed by atoms with Gasteiger partial charge in [-0.05, 0) is 31.7 Å². The first kappa shape index (κ1) is 13.8. The Morgan fingerprint density at radius 3 is 3.19 bits per heavy atom. The van der Waals surface area contributed by atoms with Gasteiger partial charge in [0.1, 0.15) is 17.0 Å². The van der Waals surface area contributed by atoms with E-state index in [1.165, 1.54) is 36.2 Å². The second-order valence-electron chi connectivity index (χ2n) is 6.16. The average molecular weight is 320 g/mol. The summed E-state index contributed by atoms with van der Waals surface area (Å²) in [5.74, 6) is 2.21. The molecule has 4 nitrogen and oxygen atoms in total. The fraction of sp³-hybridized carbons (Fsp3) is 0.600. The van der Waals surface area contributed by atoms with Crippen LogP contribution in [0, 0.1) is 5.41 Å². The van der Waals surface area contributed by atoms with E-state index in [2.05, 4.69) is 32.5 Å². The Morgan fingerprint density at radius 1 is 1.43 bits per heavy atom. The predicted molar refractivity (Wildman–Crippen MR) is 91.4 cm³/mol. The number of hydrogen-bond donors (Lipinski definition) is 1. The van der Waals surface area contributed by atoms with E-state index in [1.807, 2.05) is 23.1 Å². The zero-order valence-electron chi connectivity index (χ0n) is 12.3. The number of fused-ring (bicyclic) bond motifs is 1. The van der Waals surface area contributed by atoms with Crippen molar-refractivity contribution in [3.63, 3.8) is 0 Å². The van der Waals surface area contributed by atoms with E-state index in [4.69, 9.17) is 0 Å². The number of nitrogens with zero attached hydrogens (tertiary/aromatic N) is 3. The van der Waals surface area contributed by atoms with Crippen LogP contribution < -0.4 is 10.2 Å². The minimum absolute atomic E-state index is 0.482. The normalized spacial score (nSPS) is 25.5. The number of aromatic nitrogens is 2. The van der Waals surface area contributed by atoms with Crippen molar-refractivity contribution in [3.8, 4) is 0 Å². The summed E-state index contributed by atoms with van der Waals surface area (Å²) in [6.45, 7) is 4.60. The van der Waals surface area contributed by atoms with Crippen LogP contribution in [-0.4, -0.2) is 42.4 Å². The zero-order chi connectivity index (χ0) is 14.3. The molecule has 1 spiro atoms. The van der Waals surface area contributed by atoms with E-state index in [1.54, 1.807) is 6.33 Å². The molecule has 2 aliphatic heterocycles. The Labute approximate surface area is 133 Å². The van der Waals surface area contributed by atoms with E-state index in [9.17, 15) is 0 Å². The third-order valence-corrected chi connectivity index (χ3v) is 6.54. The van der Waals surface area contributed by atoms with Gasteiger partial charge in [-0.1, -0.05) is 0 Å². The second-order valence-corrected chi connectivity index (χ2v) is 8.14. The topological polar surface area (TPSA) is 41.0 Å². The molecule has 0 radical (unpaired) electrons. The summed E-state index contributed by atoms with van der Waals surface area (Å²) in [5.41, 5.74) is 0.482. The van der Waals surface area contributed by atoms with Gasteiger partial charge in [0.2, 0.25) is 0 Å². The molecule has 4 heterocycles. The summed E-state index contributed by atoms with van der Waals surface area (Å²) < 4.78 is 0. The van der Waals surface area contributed by atoms with Crippen LogP contribution in [0.15, 0.2) is 12.4 Å². The Hall–Kier alpha value is -0.850. The summed E-state index contributed by atoms with van der Waals surface area (Å²) in [6.07, 6.45) is 6.47. The van der Waals surface area contributed by atoms with Crippen molar-refractivity contribution in [2.24, 2.45) is 5.41 Å². The van der Waals surface area contributed by atoms with Gasteiger partial charge in [0, 0.05) is 35.7 Å². The third-order valence-electron chi connectivity index (χ3n) is 4.72. The van der Waals surface area contributed by atoms with Crippen LogP contribution in [0.5, 0.6) is 0 Å². The molecule has 2 aliphatic rings. The van der Waals surface area contributed by atoms with Gasteiger partial charge < -0.3 is 10.2 Å². The van der Waals surface area contributed by atoms with Crippen molar-refractivity contribution < 1.29 is 0 Å². The zero-order valence-corrected chi connectivity index (χ0v) is 13.9. The molecule has 0 aliphatic carbocycles. The molecule has 1 atom stereocenters. The number of thioether (sulfide) groups is 1. The first-order valence-corrected chi connectivity index (χ1v) is 9.69. The molecular weight excluding hydrogens is 300 g/mol. The number of nitrogens with one attached hydrogen (secondary N) is 1. The SMILES string of the molecule is CSCc1cc2c(N3CCC4(CCNC4)C3)ncnc2s1. The van der Waals surface area contributed by atoms with Crippen LogP contribution in [0.4, 0.5) is 5.82 Å². The van der Waals surface area contributed by atoms with E-state index in [0.717, 1.165) is 29.5 Å². The van der Waals surface area contributed by atoms with Crippen LogP contribution in [0.2, 0.25) is 0 Å². The molecule has 2 aromatic heterocycles. The summed E-state index contributed by atoms with van der Waals surface area (Å²) in [7, 11) is 0. The first-order valence-electron chi connectivity index (χ1n) is 7.48. The molecule has 0 saturated carbocycles. The molecule has 112 valence electrons. The average Bonchev–Trinajstić information content (AvgIpc) is 3.20. The highest BCUT2D eigenvalue weighted by Crippen LogP contribution is 2.40. The van der Waals surface area contributed by atoms with Crippen LogP contribution in [0.3, 0.4) is 0 Å². The van der Waals surface area contributed by atoms with Gasteiger partial charge in [-0.2, -0.15) is 11.8 Å². The maximum Gasteiger partial charge on any atom is 0.140 e. The molecule has 21 heavy (non-hydrogen) atoms. The van der Waals surface area contributed by atoms with Crippen molar-refractivity contribution in [1.82, 2.24) is 15.3 Å². The molecular formula is C15H20N4S2. The highest BCUT2D eigenvalue weighted by molar-refractivity contribution is 7.97. The van der Waals surface area contributed by atoms with Gasteiger partial charge in [0.25, 0.3) is 0 Å². The van der Waals surface area contributed by atoms with Crippen molar-refractivity contribution in [2.75, 3.05) is 37.3 Å². The summed E-state index contributed by atoms with van der Waals surface area (Å²) in [6, 6.07) is 2.30. The lowest BCUT2D eigenvalue weighted by molar-refractivity contribution is 0.369. The molecule has 0 amide bonds. The summed E-state index contributed by atoms with van der Waals surface area (Å²) in [5, 5.41) is 4.77. The number of hydrogen-bond acceptors (Lipinski definition) is 6. The van der Waals surface area contributed by atoms with E-state index in [0.29, 0.717) is 5.41 Å². The fourth-order valence-electron chi connectivity index (χ4n) is 3.62. The quantitative estimate of drug-likeness (QED) is 0.942. The lowest BCUT2D eigenvalue weighted by atomic mass is 9.87. The van der Waals surface area contributed by atoms with Gasteiger partial charge in [0.05, 0.1) is 5.39 Å². The predicted octanol–water partition coefficient (Wildman–Crippen LogP) is 2.74. The highest BCUT2D eigenvalue weighted by Gasteiger charge is 2.41. The molecule has 1 N–H and O–H groups in total. The maximum absolute atomic E-state index is 4.61. The van der Waals surface area contributed by atoms with E-state index in [-0.39, 0.29) is 0 Å².